The van der Waals surface area contributed by atoms with E-state index in [1.165, 1.54) is 35.4 Å². The quantitative estimate of drug-likeness (QED) is 0.496. The molecule has 1 aromatic rings. The van der Waals surface area contributed by atoms with E-state index in [9.17, 15) is 0 Å². The fraction of sp³-hybridized carbons (Fsp3) is 0.632. The molecule has 1 nitrogen and oxygen atoms in total. The molecule has 0 unspecified atom stereocenters. The summed E-state index contributed by atoms with van der Waals surface area (Å²) >= 11 is 0. The van der Waals surface area contributed by atoms with Crippen molar-refractivity contribution < 1.29 is 0 Å². The molecule has 0 aliphatic heterocycles. The molecule has 0 heterocycles. The maximum Gasteiger partial charge on any atom is 0.0698 e. The highest BCUT2D eigenvalue weighted by atomic mass is 14.8. The summed E-state index contributed by atoms with van der Waals surface area (Å²) in [7, 11) is 0. The van der Waals surface area contributed by atoms with Crippen molar-refractivity contribution in [1.29, 1.82) is 0 Å². The molecule has 1 aromatic carbocycles. The van der Waals surface area contributed by atoms with E-state index >= 15 is 0 Å². The van der Waals surface area contributed by atoms with Crippen molar-refractivity contribution in [3.8, 4) is 0 Å². The monoisotopic (exact) mass is 273 g/mol. The first kappa shape index (κ1) is 16.9. The molecule has 0 fully saturated rings. The van der Waals surface area contributed by atoms with Crippen LogP contribution in [0.15, 0.2) is 23.2 Å². The van der Waals surface area contributed by atoms with Crippen LogP contribution in [-0.2, 0) is 0 Å². The summed E-state index contributed by atoms with van der Waals surface area (Å²) in [5.41, 5.74) is 5.37. The zero-order valence-corrected chi connectivity index (χ0v) is 14.2. The number of nitrogens with zero attached hydrogens (tertiary/aromatic N) is 1. The molecule has 0 saturated carbocycles. The van der Waals surface area contributed by atoms with E-state index in [0.717, 1.165) is 12.8 Å². The highest BCUT2D eigenvalue weighted by Crippen LogP contribution is 2.35. The molecule has 0 atom stereocenters. The van der Waals surface area contributed by atoms with Gasteiger partial charge >= 0.3 is 0 Å². The Morgan fingerprint density at radius 1 is 1.00 bits per heavy atom. The first-order chi connectivity index (χ1) is 9.51. The van der Waals surface area contributed by atoms with Crippen molar-refractivity contribution in [2.24, 2.45) is 4.99 Å². The molecular weight excluding hydrogens is 242 g/mol. The predicted octanol–water partition coefficient (Wildman–Crippen LogP) is 6.61. The Hall–Kier alpha value is -1.11. The molecule has 1 heteroatoms. The second-order valence-corrected chi connectivity index (χ2v) is 6.23. The molecule has 0 bridgehead atoms. The van der Waals surface area contributed by atoms with Gasteiger partial charge in [-0.05, 0) is 42.2 Å². The van der Waals surface area contributed by atoms with Crippen molar-refractivity contribution in [3.05, 3.63) is 29.3 Å². The van der Waals surface area contributed by atoms with Crippen molar-refractivity contribution in [1.82, 2.24) is 0 Å². The van der Waals surface area contributed by atoms with Gasteiger partial charge in [-0.25, -0.2) is 0 Å². The van der Waals surface area contributed by atoms with Crippen LogP contribution in [0.2, 0.25) is 0 Å². The number of hydrogen-bond donors (Lipinski definition) is 0. The van der Waals surface area contributed by atoms with Gasteiger partial charge in [-0.2, -0.15) is 0 Å². The molecule has 0 radical (unpaired) electrons. The lowest BCUT2D eigenvalue weighted by Crippen LogP contribution is -2.00. The number of para-hydroxylation sites is 1. The average Bonchev–Trinajstić information content (AvgIpc) is 2.42. The van der Waals surface area contributed by atoms with E-state index in [1.807, 2.05) is 0 Å². The lowest BCUT2D eigenvalue weighted by Gasteiger charge is -2.17. The lowest BCUT2D eigenvalue weighted by atomic mass is 9.92. The van der Waals surface area contributed by atoms with E-state index in [4.69, 9.17) is 4.99 Å². The third-order valence-electron chi connectivity index (χ3n) is 3.84. The number of rotatable bonds is 7. The SMILES string of the molecule is CCCCC(CC)=Nc1c(C(C)C)cccc1C(C)C. The van der Waals surface area contributed by atoms with Crippen LogP contribution in [0.4, 0.5) is 5.69 Å². The molecule has 0 amide bonds. The molecule has 112 valence electrons. The van der Waals surface area contributed by atoms with Gasteiger partial charge in [-0.1, -0.05) is 66.2 Å². The minimum Gasteiger partial charge on any atom is -0.257 e. The van der Waals surface area contributed by atoms with Crippen LogP contribution in [0.5, 0.6) is 0 Å². The predicted molar refractivity (Wildman–Crippen MR) is 91.5 cm³/mol. The Morgan fingerprint density at radius 2 is 1.55 bits per heavy atom. The Labute approximate surface area is 125 Å². The van der Waals surface area contributed by atoms with Crippen molar-refractivity contribution >= 4 is 11.4 Å². The fourth-order valence-corrected chi connectivity index (χ4v) is 2.49. The Morgan fingerprint density at radius 3 is 1.95 bits per heavy atom. The number of aliphatic imine (C=N–C) groups is 1. The normalized spacial score (nSPS) is 12.5. The van der Waals surface area contributed by atoms with Crippen LogP contribution in [0.1, 0.15) is 90.2 Å². The summed E-state index contributed by atoms with van der Waals surface area (Å²) in [5, 5.41) is 0. The number of hydrogen-bond acceptors (Lipinski definition) is 1. The van der Waals surface area contributed by atoms with Crippen LogP contribution in [-0.4, -0.2) is 5.71 Å². The Kier molecular flexibility index (Phi) is 6.98. The zero-order valence-electron chi connectivity index (χ0n) is 14.2. The van der Waals surface area contributed by atoms with Crippen LogP contribution < -0.4 is 0 Å². The third-order valence-corrected chi connectivity index (χ3v) is 3.84. The smallest absolute Gasteiger partial charge is 0.0698 e. The van der Waals surface area contributed by atoms with Crippen LogP contribution in [0.3, 0.4) is 0 Å². The van der Waals surface area contributed by atoms with Gasteiger partial charge in [0, 0.05) is 5.71 Å². The van der Waals surface area contributed by atoms with Crippen LogP contribution in [0, 0.1) is 0 Å². The van der Waals surface area contributed by atoms with Crippen molar-refractivity contribution in [2.45, 2.75) is 79.1 Å². The molecule has 0 aromatic heterocycles. The van der Waals surface area contributed by atoms with Gasteiger partial charge in [0.25, 0.3) is 0 Å². The van der Waals surface area contributed by atoms with E-state index in [-0.39, 0.29) is 0 Å². The molecule has 20 heavy (non-hydrogen) atoms. The van der Waals surface area contributed by atoms with Crippen molar-refractivity contribution in [3.63, 3.8) is 0 Å². The molecule has 1 rings (SSSR count). The van der Waals surface area contributed by atoms with E-state index in [0.29, 0.717) is 11.8 Å². The van der Waals surface area contributed by atoms with E-state index in [1.54, 1.807) is 0 Å². The van der Waals surface area contributed by atoms with E-state index in [2.05, 4.69) is 59.7 Å². The second kappa shape index (κ2) is 8.24. The highest BCUT2D eigenvalue weighted by Gasteiger charge is 2.13. The molecule has 0 aliphatic carbocycles. The summed E-state index contributed by atoms with van der Waals surface area (Å²) in [6.45, 7) is 13.5. The highest BCUT2D eigenvalue weighted by molar-refractivity contribution is 5.87. The summed E-state index contributed by atoms with van der Waals surface area (Å²) in [4.78, 5) is 5.07. The summed E-state index contributed by atoms with van der Waals surface area (Å²) in [5.74, 6) is 1.05. The maximum absolute atomic E-state index is 5.07. The first-order valence-corrected chi connectivity index (χ1v) is 8.20. The van der Waals surface area contributed by atoms with Crippen LogP contribution >= 0.6 is 0 Å². The molecule has 0 aliphatic rings. The Balaban J connectivity index is 3.27. The van der Waals surface area contributed by atoms with Gasteiger partial charge in [0.05, 0.1) is 5.69 Å². The zero-order chi connectivity index (χ0) is 15.1. The van der Waals surface area contributed by atoms with Gasteiger partial charge in [0.1, 0.15) is 0 Å². The fourth-order valence-electron chi connectivity index (χ4n) is 2.49. The molecule has 0 spiro atoms. The number of benzene rings is 1. The number of unbranched alkanes of at least 4 members (excludes halogenated alkanes) is 1. The molecular formula is C19H31N. The van der Waals surface area contributed by atoms with Crippen LogP contribution in [0.25, 0.3) is 0 Å². The standard InChI is InChI=1S/C19H31N/c1-7-9-11-16(8-2)20-19-17(14(3)4)12-10-13-18(19)15(5)6/h10,12-15H,7-9,11H2,1-6H3. The van der Waals surface area contributed by atoms with Gasteiger partial charge in [0.15, 0.2) is 0 Å². The third kappa shape index (κ3) is 4.47. The van der Waals surface area contributed by atoms with Gasteiger partial charge in [-0.3, -0.25) is 4.99 Å². The minimum absolute atomic E-state index is 0.525. The van der Waals surface area contributed by atoms with Gasteiger partial charge in [0.2, 0.25) is 0 Å². The molecule has 0 N–H and O–H groups in total. The largest absolute Gasteiger partial charge is 0.257 e. The topological polar surface area (TPSA) is 12.4 Å². The maximum atomic E-state index is 5.07. The first-order valence-electron chi connectivity index (χ1n) is 8.20. The second-order valence-electron chi connectivity index (χ2n) is 6.23. The average molecular weight is 273 g/mol. The summed E-state index contributed by atoms with van der Waals surface area (Å²) in [6, 6.07) is 6.66. The lowest BCUT2D eigenvalue weighted by molar-refractivity contribution is 0.818. The Bertz CT molecular complexity index is 415. The minimum atomic E-state index is 0.525. The van der Waals surface area contributed by atoms with Gasteiger partial charge < -0.3 is 0 Å². The van der Waals surface area contributed by atoms with Crippen molar-refractivity contribution in [2.75, 3.05) is 0 Å². The summed E-state index contributed by atoms with van der Waals surface area (Å²) in [6.07, 6.45) is 4.68. The van der Waals surface area contributed by atoms with Gasteiger partial charge in [-0.15, -0.1) is 0 Å². The summed E-state index contributed by atoms with van der Waals surface area (Å²) < 4.78 is 0. The molecule has 0 saturated heterocycles. The van der Waals surface area contributed by atoms with E-state index < -0.39 is 0 Å².